The first-order valence-electron chi connectivity index (χ1n) is 9.82. The van der Waals surface area contributed by atoms with Gasteiger partial charge >= 0.3 is 0 Å². The molecule has 2 aromatic carbocycles. The average molecular weight is 437 g/mol. The molecule has 2 rings (SSSR count). The monoisotopic (exact) mass is 436 g/mol. The Kier molecular flexibility index (Phi) is 7.83. The number of carbonyl (C=O) groups is 1. The van der Waals surface area contributed by atoms with Crippen LogP contribution in [-0.4, -0.2) is 33.7 Å². The lowest BCUT2D eigenvalue weighted by Crippen LogP contribution is -2.50. The Labute approximate surface area is 178 Å². The summed E-state index contributed by atoms with van der Waals surface area (Å²) in [5.74, 6) is -0.135. The van der Waals surface area contributed by atoms with Crippen molar-refractivity contribution < 1.29 is 22.3 Å². The zero-order valence-corrected chi connectivity index (χ0v) is 18.8. The Hall–Kier alpha value is -2.61. The Morgan fingerprint density at radius 3 is 2.23 bits per heavy atom. The summed E-state index contributed by atoms with van der Waals surface area (Å²) in [6.07, 6.45) is 1.92. The lowest BCUT2D eigenvalue weighted by Gasteiger charge is -2.31. The SMILES string of the molecule is CC[C@H](NC(=O)[C@H](CC)N(c1ccc(F)cc1)S(C)(=O)=O)c1ccc(OC)c(C)c1. The second-order valence-electron chi connectivity index (χ2n) is 7.16. The molecule has 6 nitrogen and oxygen atoms in total. The zero-order chi connectivity index (χ0) is 22.5. The third-order valence-electron chi connectivity index (χ3n) is 4.96. The van der Waals surface area contributed by atoms with Crippen molar-refractivity contribution in [1.29, 1.82) is 0 Å². The van der Waals surface area contributed by atoms with Gasteiger partial charge in [-0.05, 0) is 61.2 Å². The summed E-state index contributed by atoms with van der Waals surface area (Å²) in [5, 5.41) is 2.97. The highest BCUT2D eigenvalue weighted by Gasteiger charge is 2.32. The van der Waals surface area contributed by atoms with Gasteiger partial charge < -0.3 is 10.1 Å². The summed E-state index contributed by atoms with van der Waals surface area (Å²) in [4.78, 5) is 13.1. The fraction of sp³-hybridized carbons (Fsp3) is 0.409. The molecule has 164 valence electrons. The Morgan fingerprint density at radius 1 is 1.13 bits per heavy atom. The lowest BCUT2D eigenvalue weighted by molar-refractivity contribution is -0.123. The maximum absolute atomic E-state index is 13.3. The minimum atomic E-state index is -3.78. The number of nitrogens with one attached hydrogen (secondary N) is 1. The van der Waals surface area contributed by atoms with Crippen molar-refractivity contribution in [2.75, 3.05) is 17.7 Å². The smallest absolute Gasteiger partial charge is 0.244 e. The van der Waals surface area contributed by atoms with E-state index in [1.807, 2.05) is 32.0 Å². The summed E-state index contributed by atoms with van der Waals surface area (Å²) in [7, 11) is -2.18. The molecule has 0 heterocycles. The number of benzene rings is 2. The van der Waals surface area contributed by atoms with Gasteiger partial charge in [0.2, 0.25) is 15.9 Å². The summed E-state index contributed by atoms with van der Waals surface area (Å²) >= 11 is 0. The molecule has 0 fully saturated rings. The molecule has 2 aromatic rings. The predicted molar refractivity (Wildman–Crippen MR) is 117 cm³/mol. The summed E-state index contributed by atoms with van der Waals surface area (Å²) in [6.45, 7) is 5.61. The van der Waals surface area contributed by atoms with E-state index in [1.54, 1.807) is 14.0 Å². The molecule has 2 atom stereocenters. The first kappa shape index (κ1) is 23.7. The highest BCUT2D eigenvalue weighted by atomic mass is 32.2. The molecule has 1 N–H and O–H groups in total. The number of sulfonamides is 1. The first-order chi connectivity index (χ1) is 14.1. The summed E-state index contributed by atoms with van der Waals surface area (Å²) in [6, 6.07) is 9.49. The quantitative estimate of drug-likeness (QED) is 0.646. The number of halogens is 1. The second kappa shape index (κ2) is 9.93. The van der Waals surface area contributed by atoms with Crippen LogP contribution in [0.2, 0.25) is 0 Å². The summed E-state index contributed by atoms with van der Waals surface area (Å²) in [5.41, 5.74) is 2.10. The number of carbonyl (C=O) groups excluding carboxylic acids is 1. The van der Waals surface area contributed by atoms with Gasteiger partial charge in [0.1, 0.15) is 17.6 Å². The van der Waals surface area contributed by atoms with E-state index in [1.165, 1.54) is 24.3 Å². The van der Waals surface area contributed by atoms with Gasteiger partial charge in [-0.2, -0.15) is 0 Å². The minimum absolute atomic E-state index is 0.245. The van der Waals surface area contributed by atoms with Crippen LogP contribution in [0.25, 0.3) is 0 Å². The Balaban J connectivity index is 2.34. The molecule has 0 aliphatic heterocycles. The van der Waals surface area contributed by atoms with Crippen LogP contribution in [0.15, 0.2) is 42.5 Å². The predicted octanol–water partition coefficient (Wildman–Crippen LogP) is 3.95. The highest BCUT2D eigenvalue weighted by Crippen LogP contribution is 2.26. The van der Waals surface area contributed by atoms with Crippen LogP contribution < -0.4 is 14.4 Å². The van der Waals surface area contributed by atoms with Crippen LogP contribution in [0.5, 0.6) is 5.75 Å². The van der Waals surface area contributed by atoms with Gasteiger partial charge in [0.25, 0.3) is 0 Å². The molecule has 1 amide bonds. The van der Waals surface area contributed by atoms with Gasteiger partial charge in [0.05, 0.1) is 25.1 Å². The summed E-state index contributed by atoms with van der Waals surface area (Å²) < 4.78 is 44.7. The number of ether oxygens (including phenoxy) is 1. The fourth-order valence-corrected chi connectivity index (χ4v) is 4.67. The number of methoxy groups -OCH3 is 1. The number of nitrogens with zero attached hydrogens (tertiary/aromatic N) is 1. The number of hydrogen-bond donors (Lipinski definition) is 1. The van der Waals surface area contributed by atoms with Gasteiger partial charge in [-0.15, -0.1) is 0 Å². The molecule has 0 saturated heterocycles. The van der Waals surface area contributed by atoms with Crippen molar-refractivity contribution in [3.05, 3.63) is 59.4 Å². The second-order valence-corrected chi connectivity index (χ2v) is 9.02. The van der Waals surface area contributed by atoms with Gasteiger partial charge in [-0.1, -0.05) is 26.0 Å². The number of rotatable bonds is 9. The van der Waals surface area contributed by atoms with E-state index in [0.29, 0.717) is 6.42 Å². The zero-order valence-electron chi connectivity index (χ0n) is 18.0. The maximum Gasteiger partial charge on any atom is 0.244 e. The van der Waals surface area contributed by atoms with Gasteiger partial charge in [0.15, 0.2) is 0 Å². The van der Waals surface area contributed by atoms with E-state index < -0.39 is 27.8 Å². The van der Waals surface area contributed by atoms with Crippen LogP contribution in [0.1, 0.15) is 43.9 Å². The molecular weight excluding hydrogens is 407 g/mol. The normalized spacial score (nSPS) is 13.4. The highest BCUT2D eigenvalue weighted by molar-refractivity contribution is 7.92. The van der Waals surface area contributed by atoms with Crippen molar-refractivity contribution >= 4 is 21.6 Å². The van der Waals surface area contributed by atoms with Gasteiger partial charge in [-0.25, -0.2) is 12.8 Å². The standard InChI is InChI=1S/C22H29FN2O4S/c1-6-19(16-8-13-21(29-4)15(3)14-16)24-22(26)20(7-2)25(30(5,27)28)18-11-9-17(23)10-12-18/h8-14,19-20H,6-7H2,1-5H3,(H,24,26)/t19-,20-/m0/s1. The number of hydrogen-bond acceptors (Lipinski definition) is 4. The van der Waals surface area contributed by atoms with Crippen LogP contribution in [0.3, 0.4) is 0 Å². The molecule has 0 unspecified atom stereocenters. The van der Waals surface area contributed by atoms with E-state index in [-0.39, 0.29) is 18.2 Å². The molecule has 0 bridgehead atoms. The molecule has 0 aliphatic rings. The Bertz CT molecular complexity index is 977. The number of anilines is 1. The molecule has 0 aromatic heterocycles. The molecule has 0 radical (unpaired) electrons. The Morgan fingerprint density at radius 2 is 1.77 bits per heavy atom. The molecule has 0 spiro atoms. The van der Waals surface area contributed by atoms with Gasteiger partial charge in [0, 0.05) is 0 Å². The third-order valence-corrected chi connectivity index (χ3v) is 6.14. The van der Waals surface area contributed by atoms with Crippen LogP contribution >= 0.6 is 0 Å². The topological polar surface area (TPSA) is 75.7 Å². The average Bonchev–Trinajstić information content (AvgIpc) is 2.70. The molecule has 0 aliphatic carbocycles. The van der Waals surface area contributed by atoms with E-state index in [4.69, 9.17) is 4.74 Å². The largest absolute Gasteiger partial charge is 0.496 e. The molecule has 8 heteroatoms. The number of aryl methyl sites for hydroxylation is 1. The van der Waals surface area contributed by atoms with E-state index in [2.05, 4.69) is 5.32 Å². The van der Waals surface area contributed by atoms with Crippen molar-refractivity contribution in [2.45, 2.75) is 45.7 Å². The molecule has 30 heavy (non-hydrogen) atoms. The van der Waals surface area contributed by atoms with Crippen molar-refractivity contribution in [3.8, 4) is 5.75 Å². The van der Waals surface area contributed by atoms with E-state index in [9.17, 15) is 17.6 Å². The van der Waals surface area contributed by atoms with Gasteiger partial charge in [-0.3, -0.25) is 9.10 Å². The van der Waals surface area contributed by atoms with Crippen LogP contribution in [-0.2, 0) is 14.8 Å². The fourth-order valence-electron chi connectivity index (χ4n) is 3.46. The molecule has 0 saturated carbocycles. The molecular formula is C22H29FN2O4S. The van der Waals surface area contributed by atoms with Crippen LogP contribution in [0.4, 0.5) is 10.1 Å². The van der Waals surface area contributed by atoms with Crippen molar-refractivity contribution in [1.82, 2.24) is 5.32 Å². The minimum Gasteiger partial charge on any atom is -0.496 e. The van der Waals surface area contributed by atoms with Crippen molar-refractivity contribution in [2.24, 2.45) is 0 Å². The van der Waals surface area contributed by atoms with E-state index in [0.717, 1.165) is 27.4 Å². The lowest BCUT2D eigenvalue weighted by atomic mass is 10.0. The van der Waals surface area contributed by atoms with Crippen LogP contribution in [0, 0.1) is 12.7 Å². The first-order valence-corrected chi connectivity index (χ1v) is 11.7. The van der Waals surface area contributed by atoms with Crippen molar-refractivity contribution in [3.63, 3.8) is 0 Å². The third kappa shape index (κ3) is 5.50. The number of amides is 1. The van der Waals surface area contributed by atoms with E-state index >= 15 is 0 Å². The maximum atomic E-state index is 13.3.